The zero-order valence-corrected chi connectivity index (χ0v) is 14.6. The monoisotopic (exact) mass is 331 g/mol. The van der Waals surface area contributed by atoms with Crippen molar-refractivity contribution in [1.29, 1.82) is 0 Å². The van der Waals surface area contributed by atoms with Crippen LogP contribution in [0.1, 0.15) is 52.4 Å². The summed E-state index contributed by atoms with van der Waals surface area (Å²) in [6.07, 6.45) is 5.05. The van der Waals surface area contributed by atoms with E-state index in [0.717, 1.165) is 51.7 Å². The number of nitrogens with zero attached hydrogens (tertiary/aromatic N) is 2. The van der Waals surface area contributed by atoms with Crippen LogP contribution in [-0.4, -0.2) is 53.3 Å². The normalized spacial score (nSPS) is 21.7. The molecule has 128 valence electrons. The van der Waals surface area contributed by atoms with E-state index in [0.29, 0.717) is 12.3 Å². The molecule has 2 fully saturated rings. The molecule has 2 aliphatic rings. The lowest BCUT2D eigenvalue weighted by Gasteiger charge is -2.39. The van der Waals surface area contributed by atoms with Crippen molar-refractivity contribution in [2.24, 2.45) is 11.7 Å². The number of hydrogen-bond donors (Lipinski definition) is 1. The molecule has 0 radical (unpaired) electrons. The molecule has 2 amide bonds. The van der Waals surface area contributed by atoms with Gasteiger partial charge in [0.05, 0.1) is 0 Å². The summed E-state index contributed by atoms with van der Waals surface area (Å²) in [7, 11) is 0. The van der Waals surface area contributed by atoms with Crippen LogP contribution in [-0.2, 0) is 9.59 Å². The van der Waals surface area contributed by atoms with E-state index < -0.39 is 0 Å². The third-order valence-corrected chi connectivity index (χ3v) is 4.57. The van der Waals surface area contributed by atoms with Gasteiger partial charge in [-0.1, -0.05) is 13.8 Å². The Labute approximate surface area is 140 Å². The topological polar surface area (TPSA) is 66.6 Å². The molecule has 0 aromatic rings. The molecule has 1 unspecified atom stereocenters. The number of hydrogen-bond acceptors (Lipinski definition) is 3. The lowest BCUT2D eigenvalue weighted by Crippen LogP contribution is -2.55. The van der Waals surface area contributed by atoms with E-state index in [-0.39, 0.29) is 36.3 Å². The van der Waals surface area contributed by atoms with Gasteiger partial charge in [0.25, 0.3) is 0 Å². The zero-order chi connectivity index (χ0) is 15.4. The van der Waals surface area contributed by atoms with Gasteiger partial charge in [0.1, 0.15) is 6.04 Å². The summed E-state index contributed by atoms with van der Waals surface area (Å²) in [5, 5.41) is 0. The molecular weight excluding hydrogens is 302 g/mol. The van der Waals surface area contributed by atoms with E-state index in [9.17, 15) is 9.59 Å². The second-order valence-electron chi connectivity index (χ2n) is 6.85. The highest BCUT2D eigenvalue weighted by Gasteiger charge is 2.35. The van der Waals surface area contributed by atoms with Crippen molar-refractivity contribution in [3.05, 3.63) is 0 Å². The average molecular weight is 332 g/mol. The Morgan fingerprint density at radius 3 is 2.41 bits per heavy atom. The van der Waals surface area contributed by atoms with Crippen LogP contribution in [0.15, 0.2) is 0 Å². The lowest BCUT2D eigenvalue weighted by molar-refractivity contribution is -0.148. The molecule has 5 nitrogen and oxygen atoms in total. The highest BCUT2D eigenvalue weighted by atomic mass is 35.5. The Morgan fingerprint density at radius 1 is 1.23 bits per heavy atom. The summed E-state index contributed by atoms with van der Waals surface area (Å²) in [5.74, 6) is 0.681. The molecule has 6 heteroatoms. The largest absolute Gasteiger partial charge is 0.341 e. The smallest absolute Gasteiger partial charge is 0.245 e. The third-order valence-electron chi connectivity index (χ3n) is 4.57. The molecule has 2 saturated heterocycles. The number of piperidine rings is 2. The molecule has 2 N–H and O–H groups in total. The van der Waals surface area contributed by atoms with Gasteiger partial charge >= 0.3 is 0 Å². The molecule has 0 saturated carbocycles. The summed E-state index contributed by atoms with van der Waals surface area (Å²) >= 11 is 0. The predicted octanol–water partition coefficient (Wildman–Crippen LogP) is 1.79. The van der Waals surface area contributed by atoms with Gasteiger partial charge in [0.15, 0.2) is 0 Å². The average Bonchev–Trinajstić information content (AvgIpc) is 2.45. The highest BCUT2D eigenvalue weighted by molar-refractivity contribution is 5.88. The summed E-state index contributed by atoms with van der Waals surface area (Å²) in [4.78, 5) is 28.8. The zero-order valence-electron chi connectivity index (χ0n) is 13.8. The Bertz CT molecular complexity index is 382. The van der Waals surface area contributed by atoms with Gasteiger partial charge in [-0.3, -0.25) is 9.59 Å². The fourth-order valence-electron chi connectivity index (χ4n) is 3.29. The maximum atomic E-state index is 12.9. The molecule has 0 aromatic heterocycles. The number of carbonyl (C=O) groups is 2. The van der Waals surface area contributed by atoms with Crippen molar-refractivity contribution in [2.75, 3.05) is 19.6 Å². The molecule has 2 rings (SSSR count). The van der Waals surface area contributed by atoms with Crippen molar-refractivity contribution < 1.29 is 9.59 Å². The van der Waals surface area contributed by atoms with E-state index in [2.05, 4.69) is 13.8 Å². The quantitative estimate of drug-likeness (QED) is 0.854. The second-order valence-corrected chi connectivity index (χ2v) is 6.85. The fourth-order valence-corrected chi connectivity index (χ4v) is 3.29. The first kappa shape index (κ1) is 19.2. The molecule has 0 spiro atoms. The first-order valence-corrected chi connectivity index (χ1v) is 8.33. The van der Waals surface area contributed by atoms with Crippen molar-refractivity contribution in [3.8, 4) is 0 Å². The third kappa shape index (κ3) is 4.85. The van der Waals surface area contributed by atoms with Gasteiger partial charge in [0, 0.05) is 32.1 Å². The van der Waals surface area contributed by atoms with E-state index in [1.54, 1.807) is 0 Å². The number of halogens is 1. The number of amides is 2. The Hall–Kier alpha value is -0.810. The summed E-state index contributed by atoms with van der Waals surface area (Å²) in [5.41, 5.74) is 5.92. The van der Waals surface area contributed by atoms with Crippen LogP contribution in [0.4, 0.5) is 0 Å². The first-order valence-electron chi connectivity index (χ1n) is 8.33. The van der Waals surface area contributed by atoms with Crippen LogP contribution in [0.3, 0.4) is 0 Å². The van der Waals surface area contributed by atoms with E-state index in [1.807, 2.05) is 9.80 Å². The van der Waals surface area contributed by atoms with Crippen LogP contribution in [0, 0.1) is 5.92 Å². The summed E-state index contributed by atoms with van der Waals surface area (Å²) in [6, 6.07) is -0.0543. The molecule has 0 bridgehead atoms. The summed E-state index contributed by atoms with van der Waals surface area (Å²) in [6.45, 7) is 6.42. The van der Waals surface area contributed by atoms with Crippen LogP contribution >= 0.6 is 12.4 Å². The minimum Gasteiger partial charge on any atom is -0.341 e. The lowest BCUT2D eigenvalue weighted by atomic mass is 9.97. The van der Waals surface area contributed by atoms with Crippen LogP contribution < -0.4 is 5.73 Å². The van der Waals surface area contributed by atoms with Crippen molar-refractivity contribution in [2.45, 2.75) is 64.5 Å². The van der Waals surface area contributed by atoms with Crippen molar-refractivity contribution in [3.63, 3.8) is 0 Å². The Balaban J connectivity index is 0.00000242. The van der Waals surface area contributed by atoms with E-state index in [4.69, 9.17) is 5.73 Å². The van der Waals surface area contributed by atoms with Gasteiger partial charge in [0.2, 0.25) is 11.8 Å². The number of likely N-dealkylation sites (tertiary alicyclic amines) is 2. The minimum absolute atomic E-state index is 0. The highest BCUT2D eigenvalue weighted by Crippen LogP contribution is 2.22. The maximum absolute atomic E-state index is 12.9. The molecular formula is C16H30ClN3O2. The molecule has 0 aromatic carbocycles. The van der Waals surface area contributed by atoms with E-state index >= 15 is 0 Å². The summed E-state index contributed by atoms with van der Waals surface area (Å²) < 4.78 is 0. The SMILES string of the molecule is CC(C)CC(C(=O)N1CCC(N)CC1)N1CCCCC1=O.Cl. The van der Waals surface area contributed by atoms with Crippen molar-refractivity contribution in [1.82, 2.24) is 9.80 Å². The molecule has 2 aliphatic heterocycles. The van der Waals surface area contributed by atoms with Gasteiger partial charge in [-0.25, -0.2) is 0 Å². The first-order chi connectivity index (χ1) is 9.99. The fraction of sp³-hybridized carbons (Fsp3) is 0.875. The van der Waals surface area contributed by atoms with Crippen LogP contribution in [0.2, 0.25) is 0 Å². The molecule has 2 heterocycles. The standard InChI is InChI=1S/C16H29N3O2.ClH/c1-12(2)11-14(19-8-4-3-5-15(19)20)16(21)18-9-6-13(17)7-10-18;/h12-14H,3-11,17H2,1-2H3;1H. The van der Waals surface area contributed by atoms with Gasteiger partial charge in [-0.05, 0) is 38.0 Å². The minimum atomic E-state index is -0.271. The number of carbonyl (C=O) groups excluding carboxylic acids is 2. The number of rotatable bonds is 4. The van der Waals surface area contributed by atoms with Gasteiger partial charge < -0.3 is 15.5 Å². The maximum Gasteiger partial charge on any atom is 0.245 e. The molecule has 1 atom stereocenters. The van der Waals surface area contributed by atoms with E-state index in [1.165, 1.54) is 0 Å². The van der Waals surface area contributed by atoms with Crippen LogP contribution in [0.25, 0.3) is 0 Å². The number of nitrogens with two attached hydrogens (primary N) is 1. The van der Waals surface area contributed by atoms with Gasteiger partial charge in [-0.15, -0.1) is 12.4 Å². The molecule has 22 heavy (non-hydrogen) atoms. The molecule has 0 aliphatic carbocycles. The van der Waals surface area contributed by atoms with Crippen molar-refractivity contribution >= 4 is 24.2 Å². The second kappa shape index (κ2) is 8.73. The predicted molar refractivity (Wildman–Crippen MR) is 89.8 cm³/mol. The van der Waals surface area contributed by atoms with Gasteiger partial charge in [-0.2, -0.15) is 0 Å². The Kier molecular flexibility index (Phi) is 7.63. The van der Waals surface area contributed by atoms with Crippen LogP contribution in [0.5, 0.6) is 0 Å². The Morgan fingerprint density at radius 2 is 1.86 bits per heavy atom.